The normalized spacial score (nSPS) is 16.5. The number of carboxylic acid groups (broad SMARTS) is 1. The number of aliphatic carboxylic acids is 1. The number of sulfonamides is 1. The molecule has 2 atom stereocenters. The van der Waals surface area contributed by atoms with Crippen molar-refractivity contribution in [2.45, 2.75) is 30.5 Å². The summed E-state index contributed by atoms with van der Waals surface area (Å²) >= 11 is 6.01. The maximum atomic E-state index is 14.1. The quantitative estimate of drug-likeness (QED) is 0.273. The van der Waals surface area contributed by atoms with Gasteiger partial charge in [0.25, 0.3) is 10.0 Å². The minimum absolute atomic E-state index is 0.0224. The van der Waals surface area contributed by atoms with Crippen molar-refractivity contribution in [3.63, 3.8) is 0 Å². The van der Waals surface area contributed by atoms with E-state index in [1.165, 1.54) is 25.1 Å². The van der Waals surface area contributed by atoms with Gasteiger partial charge in [-0.1, -0.05) is 30.7 Å². The number of hydrogen-bond acceptors (Lipinski definition) is 4. The van der Waals surface area contributed by atoms with Crippen molar-refractivity contribution in [3.05, 3.63) is 76.8 Å². The van der Waals surface area contributed by atoms with Crippen molar-refractivity contribution >= 4 is 33.3 Å². The Morgan fingerprint density at radius 3 is 2.53 bits per heavy atom. The molecule has 0 aromatic heterocycles. The van der Waals surface area contributed by atoms with E-state index in [0.717, 1.165) is 28.6 Å². The molecule has 1 aliphatic heterocycles. The van der Waals surface area contributed by atoms with Gasteiger partial charge in [-0.2, -0.15) is 13.2 Å². The van der Waals surface area contributed by atoms with Crippen LogP contribution in [0.2, 0.25) is 5.02 Å². The molecule has 0 amide bonds. The van der Waals surface area contributed by atoms with Crippen LogP contribution in [0.5, 0.6) is 5.75 Å². The lowest BCUT2D eigenvalue weighted by molar-refractivity contribution is -0.139. The smallest absolute Gasteiger partial charge is 0.416 e. The van der Waals surface area contributed by atoms with Crippen molar-refractivity contribution < 1.29 is 45.0 Å². The fraction of sp³-hybridized carbons (Fsp3) is 0.240. The van der Waals surface area contributed by atoms with Crippen LogP contribution in [-0.4, -0.2) is 32.1 Å². The van der Waals surface area contributed by atoms with Gasteiger partial charge in [0, 0.05) is 17.5 Å². The van der Waals surface area contributed by atoms with E-state index in [-0.39, 0.29) is 29.0 Å². The van der Waals surface area contributed by atoms with E-state index in [1.54, 1.807) is 0 Å². The van der Waals surface area contributed by atoms with Gasteiger partial charge in [0.1, 0.15) is 23.5 Å². The Morgan fingerprint density at radius 2 is 1.87 bits per heavy atom. The number of nitrogens with zero attached hydrogens (tertiary/aromatic N) is 1. The van der Waals surface area contributed by atoms with E-state index in [9.17, 15) is 40.3 Å². The number of fused-ring (bicyclic) bond motifs is 1. The van der Waals surface area contributed by atoms with E-state index in [0.29, 0.717) is 12.1 Å². The third-order valence-electron chi connectivity index (χ3n) is 6.04. The molecule has 3 aromatic rings. The molecule has 0 bridgehead atoms. The molecule has 0 saturated heterocycles. The van der Waals surface area contributed by atoms with Crippen LogP contribution in [0.4, 0.5) is 27.6 Å². The minimum atomic E-state index is -4.81. The highest BCUT2D eigenvalue weighted by Gasteiger charge is 2.39. The number of carbonyl (C=O) groups is 1. The highest BCUT2D eigenvalue weighted by molar-refractivity contribution is 7.92. The second kappa shape index (κ2) is 10.1. The highest BCUT2D eigenvalue weighted by atomic mass is 35.5. The summed E-state index contributed by atoms with van der Waals surface area (Å²) in [5, 5.41) is 8.76. The molecule has 13 heteroatoms. The van der Waals surface area contributed by atoms with Crippen LogP contribution < -0.4 is 9.04 Å². The Kier molecular flexibility index (Phi) is 7.32. The van der Waals surface area contributed by atoms with Gasteiger partial charge in [-0.3, -0.25) is 9.10 Å². The Morgan fingerprint density at radius 1 is 1.16 bits per heavy atom. The SMILES string of the molecule is C[C@H](CC(=O)O)[C@H]1CN(S(=O)(=O)c2cccc(C(F)(F)F)c2)c2cc(-c3cc(F)cc(F)c3Cl)ccc2O1. The van der Waals surface area contributed by atoms with Crippen molar-refractivity contribution in [1.29, 1.82) is 0 Å². The van der Waals surface area contributed by atoms with Crippen LogP contribution in [0.15, 0.2) is 59.5 Å². The number of alkyl halides is 3. The summed E-state index contributed by atoms with van der Waals surface area (Å²) in [6, 6.07) is 8.61. The van der Waals surface area contributed by atoms with Gasteiger partial charge in [0.2, 0.25) is 0 Å². The van der Waals surface area contributed by atoms with Gasteiger partial charge >= 0.3 is 12.1 Å². The molecular weight excluding hydrogens is 557 g/mol. The first-order valence-electron chi connectivity index (χ1n) is 11.1. The predicted molar refractivity (Wildman–Crippen MR) is 129 cm³/mol. The van der Waals surface area contributed by atoms with Crippen molar-refractivity contribution in [2.75, 3.05) is 10.8 Å². The van der Waals surface area contributed by atoms with Crippen LogP contribution in [0.1, 0.15) is 18.9 Å². The summed E-state index contributed by atoms with van der Waals surface area (Å²) in [5.41, 5.74) is -1.29. The van der Waals surface area contributed by atoms with Crippen molar-refractivity contribution in [1.82, 2.24) is 0 Å². The zero-order chi connectivity index (χ0) is 28.0. The number of hydrogen-bond donors (Lipinski definition) is 1. The molecule has 3 aromatic carbocycles. The van der Waals surface area contributed by atoms with E-state index >= 15 is 0 Å². The predicted octanol–water partition coefficient (Wildman–Crippen LogP) is 6.37. The van der Waals surface area contributed by atoms with E-state index in [4.69, 9.17) is 16.3 Å². The maximum Gasteiger partial charge on any atom is 0.416 e. The summed E-state index contributed by atoms with van der Waals surface area (Å²) in [6.07, 6.45) is -6.15. The number of halogens is 6. The molecule has 1 N–H and O–H groups in total. The van der Waals surface area contributed by atoms with Crippen LogP contribution in [0, 0.1) is 17.6 Å². The summed E-state index contributed by atoms with van der Waals surface area (Å²) < 4.78 is 102. The third-order valence-corrected chi connectivity index (χ3v) is 8.20. The second-order valence-electron chi connectivity index (χ2n) is 8.72. The molecule has 4 rings (SSSR count). The fourth-order valence-corrected chi connectivity index (χ4v) is 5.84. The molecule has 38 heavy (non-hydrogen) atoms. The molecule has 202 valence electrons. The van der Waals surface area contributed by atoms with Gasteiger partial charge in [-0.25, -0.2) is 17.2 Å². The molecular formula is C25H19ClF5NO5S. The lowest BCUT2D eigenvalue weighted by atomic mass is 9.98. The molecule has 6 nitrogen and oxygen atoms in total. The molecule has 0 aliphatic carbocycles. The molecule has 0 saturated carbocycles. The lowest BCUT2D eigenvalue weighted by Gasteiger charge is -2.38. The van der Waals surface area contributed by atoms with Gasteiger partial charge in [0.05, 0.1) is 34.1 Å². The standard InChI is InChI=1S/C25H19ClF5NO5S/c1-13(7-23(33)34)22-12-32(38(35,36)17-4-2-3-15(9-17)25(29,30)31)20-8-14(5-6-21(20)37-22)18-10-16(27)11-19(28)24(18)26/h2-6,8-11,13,22H,7,12H2,1H3,(H,33,34)/t13-,22-/m1/s1. The molecule has 1 heterocycles. The largest absolute Gasteiger partial charge is 0.486 e. The zero-order valence-electron chi connectivity index (χ0n) is 19.5. The third kappa shape index (κ3) is 5.41. The summed E-state index contributed by atoms with van der Waals surface area (Å²) in [5.74, 6) is -3.85. The highest BCUT2D eigenvalue weighted by Crippen LogP contribution is 2.43. The average Bonchev–Trinajstić information content (AvgIpc) is 2.84. The molecule has 0 spiro atoms. The number of rotatable bonds is 6. The lowest BCUT2D eigenvalue weighted by Crippen LogP contribution is -2.46. The Hall–Kier alpha value is -3.38. The summed E-state index contributed by atoms with van der Waals surface area (Å²) in [4.78, 5) is 10.6. The van der Waals surface area contributed by atoms with Gasteiger partial charge in [0.15, 0.2) is 0 Å². The van der Waals surface area contributed by atoms with Gasteiger partial charge < -0.3 is 9.84 Å². The Balaban J connectivity index is 1.87. The zero-order valence-corrected chi connectivity index (χ0v) is 21.0. The number of carboxylic acids is 1. The van der Waals surface area contributed by atoms with E-state index in [1.807, 2.05) is 0 Å². The Bertz CT molecular complexity index is 1510. The first-order chi connectivity index (χ1) is 17.7. The molecule has 0 fully saturated rings. The van der Waals surface area contributed by atoms with Crippen LogP contribution in [0.3, 0.4) is 0 Å². The first kappa shape index (κ1) is 27.6. The second-order valence-corrected chi connectivity index (χ2v) is 11.0. The minimum Gasteiger partial charge on any atom is -0.486 e. The molecule has 1 aliphatic rings. The topological polar surface area (TPSA) is 83.9 Å². The monoisotopic (exact) mass is 575 g/mol. The van der Waals surface area contributed by atoms with Crippen molar-refractivity contribution in [2.24, 2.45) is 5.92 Å². The molecule has 0 radical (unpaired) electrons. The van der Waals surface area contributed by atoms with Crippen LogP contribution in [0.25, 0.3) is 11.1 Å². The van der Waals surface area contributed by atoms with Crippen molar-refractivity contribution in [3.8, 4) is 16.9 Å². The first-order valence-corrected chi connectivity index (χ1v) is 12.9. The van der Waals surface area contributed by atoms with Crippen LogP contribution >= 0.6 is 11.6 Å². The van der Waals surface area contributed by atoms with Gasteiger partial charge in [-0.05, 0) is 42.0 Å². The fourth-order valence-electron chi connectivity index (χ4n) is 4.10. The molecule has 0 unspecified atom stereocenters. The van der Waals surface area contributed by atoms with Gasteiger partial charge in [-0.15, -0.1) is 0 Å². The van der Waals surface area contributed by atoms with E-state index < -0.39 is 67.9 Å². The van der Waals surface area contributed by atoms with E-state index in [2.05, 4.69) is 0 Å². The summed E-state index contributed by atoms with van der Waals surface area (Å²) in [7, 11) is -4.65. The average molecular weight is 576 g/mol. The number of ether oxygens (including phenoxy) is 1. The number of anilines is 1. The van der Waals surface area contributed by atoms with Crippen LogP contribution in [-0.2, 0) is 21.0 Å². The number of benzene rings is 3. The maximum absolute atomic E-state index is 14.1. The summed E-state index contributed by atoms with van der Waals surface area (Å²) in [6.45, 7) is 1.09. The Labute approximate surface area is 219 Å².